The van der Waals surface area contributed by atoms with Crippen molar-refractivity contribution in [1.82, 2.24) is 5.32 Å². The molecule has 5 aromatic rings. The molecule has 0 amide bonds. The molecule has 0 aliphatic carbocycles. The van der Waals surface area contributed by atoms with Crippen molar-refractivity contribution >= 4 is 11.4 Å². The first kappa shape index (κ1) is 18.9. The van der Waals surface area contributed by atoms with Crippen LogP contribution in [-0.2, 0) is 0 Å². The van der Waals surface area contributed by atoms with Crippen molar-refractivity contribution in [3.05, 3.63) is 133 Å². The van der Waals surface area contributed by atoms with Crippen molar-refractivity contribution in [1.29, 1.82) is 0 Å². The van der Waals surface area contributed by atoms with E-state index in [-0.39, 0.29) is 0 Å². The Morgan fingerprint density at radius 2 is 0.774 bits per heavy atom. The Kier molecular flexibility index (Phi) is 5.32. The van der Waals surface area contributed by atoms with Gasteiger partial charge in [0, 0.05) is 11.1 Å². The molecule has 5 aromatic carbocycles. The topological polar surface area (TPSA) is 14.1 Å². The van der Waals surface area contributed by atoms with Gasteiger partial charge in [0.2, 0.25) is 0 Å². The highest BCUT2D eigenvalue weighted by atomic mass is 14.9. The Labute approximate surface area is 183 Å². The van der Waals surface area contributed by atoms with E-state index >= 15 is 0 Å². The predicted octanol–water partition coefficient (Wildman–Crippen LogP) is 8.26. The summed E-state index contributed by atoms with van der Waals surface area (Å²) in [6.07, 6.45) is 0. The lowest BCUT2D eigenvalue weighted by Gasteiger charge is -2.17. The van der Waals surface area contributed by atoms with Crippen LogP contribution in [0, 0.1) is 0 Å². The van der Waals surface area contributed by atoms with Gasteiger partial charge in [-0.15, -0.1) is 0 Å². The first-order valence-electron chi connectivity index (χ1n) is 10.5. The van der Waals surface area contributed by atoms with Crippen LogP contribution in [0.1, 0.15) is 0 Å². The lowest BCUT2D eigenvalue weighted by atomic mass is 9.92. The summed E-state index contributed by atoms with van der Waals surface area (Å²) in [7, 11) is 0. The summed E-state index contributed by atoms with van der Waals surface area (Å²) in [5, 5.41) is 5.18. The number of para-hydroxylation sites is 1. The fourth-order valence-corrected chi connectivity index (χ4v) is 3.96. The minimum Gasteiger partial charge on any atom is -0.248 e. The fraction of sp³-hybridized carbons (Fsp3) is 0. The van der Waals surface area contributed by atoms with E-state index in [1.807, 2.05) is 6.07 Å². The maximum Gasteiger partial charge on any atom is 0.0721 e. The highest BCUT2D eigenvalue weighted by molar-refractivity contribution is 5.92. The summed E-state index contributed by atoms with van der Waals surface area (Å²) in [6, 6.07) is 46.2. The molecule has 0 saturated heterocycles. The summed E-state index contributed by atoms with van der Waals surface area (Å²) >= 11 is 0. The first-order chi connectivity index (χ1) is 15.4. The van der Waals surface area contributed by atoms with E-state index in [2.05, 4.69) is 127 Å². The van der Waals surface area contributed by atoms with Crippen LogP contribution in [0.25, 0.3) is 33.4 Å². The molecule has 31 heavy (non-hydrogen) atoms. The Morgan fingerprint density at radius 3 is 1.42 bits per heavy atom. The summed E-state index contributed by atoms with van der Waals surface area (Å²) in [5.41, 5.74) is 8.93. The van der Waals surface area contributed by atoms with Gasteiger partial charge in [-0.05, 0) is 34.4 Å². The second kappa shape index (κ2) is 8.73. The molecule has 0 aliphatic heterocycles. The van der Waals surface area contributed by atoms with E-state index in [1.54, 1.807) is 0 Å². The van der Waals surface area contributed by atoms with Gasteiger partial charge in [-0.2, -0.15) is 0 Å². The lowest BCUT2D eigenvalue weighted by molar-refractivity contribution is 1.19. The molecular formula is C30H22N. The fourth-order valence-electron chi connectivity index (χ4n) is 3.96. The van der Waals surface area contributed by atoms with Crippen LogP contribution in [0.15, 0.2) is 133 Å². The third-order valence-corrected chi connectivity index (χ3v) is 5.42. The van der Waals surface area contributed by atoms with Crippen LogP contribution in [-0.4, -0.2) is 0 Å². The van der Waals surface area contributed by atoms with Crippen LogP contribution in [0.4, 0.5) is 11.4 Å². The molecule has 0 bridgehead atoms. The van der Waals surface area contributed by atoms with Gasteiger partial charge < -0.3 is 0 Å². The number of hydrogen-bond donors (Lipinski definition) is 0. The van der Waals surface area contributed by atoms with Crippen molar-refractivity contribution in [2.75, 3.05) is 0 Å². The van der Waals surface area contributed by atoms with Crippen LogP contribution in [0.3, 0.4) is 0 Å². The normalized spacial score (nSPS) is 10.6. The summed E-state index contributed by atoms with van der Waals surface area (Å²) in [5.74, 6) is 0. The second-order valence-corrected chi connectivity index (χ2v) is 7.43. The summed E-state index contributed by atoms with van der Waals surface area (Å²) in [6.45, 7) is 0. The van der Waals surface area contributed by atoms with Gasteiger partial charge in [0.25, 0.3) is 0 Å². The van der Waals surface area contributed by atoms with E-state index < -0.39 is 0 Å². The van der Waals surface area contributed by atoms with E-state index in [1.165, 1.54) is 16.7 Å². The molecule has 0 unspecified atom stereocenters. The SMILES string of the molecule is c1ccc(-c2ccccc2[N]c2cccc(-c3ccccc3)c2-c2ccccc2)cc1. The summed E-state index contributed by atoms with van der Waals surface area (Å²) < 4.78 is 0. The second-order valence-electron chi connectivity index (χ2n) is 7.43. The molecule has 0 N–H and O–H groups in total. The monoisotopic (exact) mass is 396 g/mol. The highest BCUT2D eigenvalue weighted by Crippen LogP contribution is 2.40. The molecule has 147 valence electrons. The third-order valence-electron chi connectivity index (χ3n) is 5.42. The van der Waals surface area contributed by atoms with Gasteiger partial charge in [0.1, 0.15) is 0 Å². The van der Waals surface area contributed by atoms with Gasteiger partial charge >= 0.3 is 0 Å². The van der Waals surface area contributed by atoms with E-state index in [9.17, 15) is 0 Å². The Morgan fingerprint density at radius 1 is 0.323 bits per heavy atom. The van der Waals surface area contributed by atoms with E-state index in [0.29, 0.717) is 0 Å². The molecule has 1 heteroatoms. The van der Waals surface area contributed by atoms with Gasteiger partial charge in [0.05, 0.1) is 11.4 Å². The molecule has 0 atom stereocenters. The third kappa shape index (κ3) is 3.99. The zero-order valence-corrected chi connectivity index (χ0v) is 17.1. The Hall–Kier alpha value is -4.10. The average molecular weight is 397 g/mol. The molecule has 0 saturated carbocycles. The largest absolute Gasteiger partial charge is 0.248 e. The maximum absolute atomic E-state index is 5.18. The zero-order valence-electron chi connectivity index (χ0n) is 17.1. The molecule has 0 aliphatic rings. The van der Waals surface area contributed by atoms with Crippen molar-refractivity contribution in [3.8, 4) is 33.4 Å². The number of rotatable bonds is 5. The van der Waals surface area contributed by atoms with Crippen molar-refractivity contribution < 1.29 is 0 Å². The van der Waals surface area contributed by atoms with Crippen molar-refractivity contribution in [3.63, 3.8) is 0 Å². The standard InChI is InChI=1S/C30H22N/c1-4-13-23(14-5-1)26-19-10-11-21-28(26)31-29-22-12-20-27(24-15-6-2-7-16-24)30(29)25-17-8-3-9-18-25/h1-22H. The van der Waals surface area contributed by atoms with Gasteiger partial charge in [-0.1, -0.05) is 121 Å². The average Bonchev–Trinajstić information content (AvgIpc) is 2.86. The number of hydrogen-bond acceptors (Lipinski definition) is 0. The number of nitrogens with zero attached hydrogens (tertiary/aromatic N) is 1. The van der Waals surface area contributed by atoms with Crippen LogP contribution in [0.2, 0.25) is 0 Å². The minimum atomic E-state index is 0.968. The molecule has 0 fully saturated rings. The van der Waals surface area contributed by atoms with Crippen LogP contribution in [0.5, 0.6) is 0 Å². The maximum atomic E-state index is 5.18. The van der Waals surface area contributed by atoms with Gasteiger partial charge in [-0.25, -0.2) is 5.32 Å². The minimum absolute atomic E-state index is 0.968. The Bertz CT molecular complexity index is 1280. The van der Waals surface area contributed by atoms with Crippen LogP contribution >= 0.6 is 0 Å². The molecule has 1 radical (unpaired) electrons. The molecule has 0 heterocycles. The van der Waals surface area contributed by atoms with E-state index in [4.69, 9.17) is 5.32 Å². The van der Waals surface area contributed by atoms with Crippen molar-refractivity contribution in [2.24, 2.45) is 0 Å². The highest BCUT2D eigenvalue weighted by Gasteiger charge is 2.15. The Balaban J connectivity index is 1.67. The zero-order chi connectivity index (χ0) is 20.9. The smallest absolute Gasteiger partial charge is 0.0721 e. The molecular weight excluding hydrogens is 374 g/mol. The first-order valence-corrected chi connectivity index (χ1v) is 10.5. The molecule has 0 aromatic heterocycles. The predicted molar refractivity (Wildman–Crippen MR) is 131 cm³/mol. The molecule has 0 spiro atoms. The van der Waals surface area contributed by atoms with Gasteiger partial charge in [0.15, 0.2) is 0 Å². The van der Waals surface area contributed by atoms with E-state index in [0.717, 1.165) is 28.1 Å². The lowest BCUT2D eigenvalue weighted by Crippen LogP contribution is -1.96. The number of benzene rings is 5. The quantitative estimate of drug-likeness (QED) is 0.284. The van der Waals surface area contributed by atoms with Crippen molar-refractivity contribution in [2.45, 2.75) is 0 Å². The molecule has 5 rings (SSSR count). The summed E-state index contributed by atoms with van der Waals surface area (Å²) in [4.78, 5) is 0. The molecule has 1 nitrogen and oxygen atoms in total. The van der Waals surface area contributed by atoms with Crippen LogP contribution < -0.4 is 5.32 Å². The van der Waals surface area contributed by atoms with Gasteiger partial charge in [-0.3, -0.25) is 0 Å².